The fraction of sp³-hybridized carbons (Fsp3) is 0.667. The highest BCUT2D eigenvalue weighted by Gasteiger charge is 2.40. The molecule has 0 saturated heterocycles. The van der Waals surface area contributed by atoms with Crippen molar-refractivity contribution >= 4 is 0 Å². The summed E-state index contributed by atoms with van der Waals surface area (Å²) in [4.78, 5) is 0. The maximum absolute atomic E-state index is 8.51. The van der Waals surface area contributed by atoms with Crippen LogP contribution in [0.15, 0.2) is 12.2 Å². The highest BCUT2D eigenvalue weighted by Crippen LogP contribution is 2.42. The highest BCUT2D eigenvalue weighted by molar-refractivity contribution is 5.25. The maximum Gasteiger partial charge on any atom is 0.0503 e. The summed E-state index contributed by atoms with van der Waals surface area (Å²) < 4.78 is 0. The van der Waals surface area contributed by atoms with Gasteiger partial charge in [0.05, 0.1) is 13.2 Å². The van der Waals surface area contributed by atoms with Gasteiger partial charge in [0.15, 0.2) is 0 Å². The lowest BCUT2D eigenvalue weighted by atomic mass is 10.3. The van der Waals surface area contributed by atoms with Crippen LogP contribution < -0.4 is 0 Å². The number of aliphatic hydroxyl groups is 2. The Morgan fingerprint density at radius 3 is 1.75 bits per heavy atom. The summed E-state index contributed by atoms with van der Waals surface area (Å²) >= 11 is 0. The summed E-state index contributed by atoms with van der Waals surface area (Å²) in [7, 11) is 0. The Labute approximate surface area is 48.5 Å². The van der Waals surface area contributed by atoms with Gasteiger partial charge >= 0.3 is 0 Å². The number of rotatable bonds is 2. The molecule has 0 aromatic rings. The van der Waals surface area contributed by atoms with Crippen molar-refractivity contribution in [2.45, 2.75) is 0 Å². The van der Waals surface area contributed by atoms with Gasteiger partial charge in [-0.1, -0.05) is 12.2 Å². The van der Waals surface area contributed by atoms with Crippen LogP contribution in [0.4, 0.5) is 0 Å². The van der Waals surface area contributed by atoms with Crippen LogP contribution in [0.2, 0.25) is 0 Å². The molecular weight excluding hydrogens is 104 g/mol. The molecule has 2 nitrogen and oxygen atoms in total. The molecule has 1 aliphatic rings. The fourth-order valence-corrected chi connectivity index (χ4v) is 0.934. The Kier molecular flexibility index (Phi) is 1.36. The molecule has 0 bridgehead atoms. The van der Waals surface area contributed by atoms with Crippen molar-refractivity contribution in [3.63, 3.8) is 0 Å². The lowest BCUT2D eigenvalue weighted by Gasteiger charge is -1.83. The van der Waals surface area contributed by atoms with Crippen LogP contribution in [0.1, 0.15) is 0 Å². The molecule has 0 aromatic carbocycles. The normalized spacial score (nSPS) is 35.5. The molecule has 1 saturated carbocycles. The van der Waals surface area contributed by atoms with Gasteiger partial charge in [-0.25, -0.2) is 0 Å². The fourth-order valence-electron chi connectivity index (χ4n) is 0.934. The maximum atomic E-state index is 8.51. The zero-order valence-electron chi connectivity index (χ0n) is 4.67. The second kappa shape index (κ2) is 1.88. The van der Waals surface area contributed by atoms with Crippen LogP contribution in [-0.2, 0) is 0 Å². The average molecular weight is 114 g/mol. The first kappa shape index (κ1) is 5.79. The first-order valence-corrected chi connectivity index (χ1v) is 2.71. The molecule has 0 heterocycles. The second-order valence-corrected chi connectivity index (χ2v) is 2.15. The zero-order chi connectivity index (χ0) is 6.15. The molecular formula is C6H10O2. The van der Waals surface area contributed by atoms with Gasteiger partial charge in [0.1, 0.15) is 0 Å². The molecule has 0 radical (unpaired) electrons. The van der Waals surface area contributed by atoms with E-state index in [4.69, 9.17) is 10.2 Å². The van der Waals surface area contributed by atoms with Gasteiger partial charge in [0, 0.05) is 11.8 Å². The smallest absolute Gasteiger partial charge is 0.0503 e. The van der Waals surface area contributed by atoms with E-state index in [1.807, 2.05) is 0 Å². The topological polar surface area (TPSA) is 40.5 Å². The number of hydrogen-bond donors (Lipinski definition) is 2. The standard InChI is InChI=1S/C6H10O2/c1-4-5(2-7)6(4)3-8/h5-8H,1-3H2/t5-,6?/m0/s1. The minimum Gasteiger partial charge on any atom is -0.396 e. The van der Waals surface area contributed by atoms with Crippen molar-refractivity contribution < 1.29 is 10.2 Å². The summed E-state index contributed by atoms with van der Waals surface area (Å²) in [5.74, 6) is 0.389. The Bertz CT molecular complexity index is 97.1. The Morgan fingerprint density at radius 1 is 1.25 bits per heavy atom. The molecule has 1 unspecified atom stereocenters. The molecule has 0 spiro atoms. The lowest BCUT2D eigenvalue weighted by Crippen LogP contribution is -1.91. The van der Waals surface area contributed by atoms with Gasteiger partial charge in [0.2, 0.25) is 0 Å². The molecule has 2 N–H and O–H groups in total. The molecule has 1 rings (SSSR count). The van der Waals surface area contributed by atoms with Crippen molar-refractivity contribution in [3.8, 4) is 0 Å². The predicted octanol–water partition coefficient (Wildman–Crippen LogP) is -0.227. The third-order valence-corrected chi connectivity index (χ3v) is 1.72. The van der Waals surface area contributed by atoms with Crippen LogP contribution in [0.3, 0.4) is 0 Å². The van der Waals surface area contributed by atoms with E-state index in [-0.39, 0.29) is 25.0 Å². The van der Waals surface area contributed by atoms with E-state index in [1.165, 1.54) is 0 Å². The number of aliphatic hydroxyl groups excluding tert-OH is 2. The third kappa shape index (κ3) is 0.659. The van der Waals surface area contributed by atoms with Crippen molar-refractivity contribution in [2.75, 3.05) is 13.2 Å². The molecule has 0 aliphatic heterocycles. The monoisotopic (exact) mass is 114 g/mol. The molecule has 2 heteroatoms. The van der Waals surface area contributed by atoms with Crippen LogP contribution in [0, 0.1) is 11.8 Å². The molecule has 1 fully saturated rings. The minimum absolute atomic E-state index is 0.143. The Balaban J connectivity index is 2.34. The lowest BCUT2D eigenvalue weighted by molar-refractivity contribution is 0.232. The van der Waals surface area contributed by atoms with Gasteiger partial charge < -0.3 is 10.2 Å². The zero-order valence-corrected chi connectivity index (χ0v) is 4.67. The summed E-state index contributed by atoms with van der Waals surface area (Å²) in [5.41, 5.74) is 0.995. The second-order valence-electron chi connectivity index (χ2n) is 2.15. The van der Waals surface area contributed by atoms with Gasteiger partial charge in [-0.2, -0.15) is 0 Å². The molecule has 46 valence electrons. The quantitative estimate of drug-likeness (QED) is 0.487. The summed E-state index contributed by atoms with van der Waals surface area (Å²) in [6.45, 7) is 3.94. The molecule has 0 aromatic heterocycles. The highest BCUT2D eigenvalue weighted by atomic mass is 16.3. The Morgan fingerprint density at radius 2 is 1.62 bits per heavy atom. The Hall–Kier alpha value is -0.340. The van der Waals surface area contributed by atoms with Gasteiger partial charge in [0.25, 0.3) is 0 Å². The van der Waals surface area contributed by atoms with Crippen molar-refractivity contribution in [1.29, 1.82) is 0 Å². The van der Waals surface area contributed by atoms with Crippen LogP contribution in [0.25, 0.3) is 0 Å². The van der Waals surface area contributed by atoms with E-state index in [2.05, 4.69) is 6.58 Å². The van der Waals surface area contributed by atoms with Gasteiger partial charge in [-0.15, -0.1) is 0 Å². The largest absolute Gasteiger partial charge is 0.396 e. The summed E-state index contributed by atoms with van der Waals surface area (Å²) in [5, 5.41) is 17.0. The van der Waals surface area contributed by atoms with E-state index in [1.54, 1.807) is 0 Å². The predicted molar refractivity (Wildman–Crippen MR) is 30.3 cm³/mol. The van der Waals surface area contributed by atoms with Crippen molar-refractivity contribution in [2.24, 2.45) is 11.8 Å². The van der Waals surface area contributed by atoms with E-state index in [0.29, 0.717) is 0 Å². The molecule has 1 aliphatic carbocycles. The first-order chi connectivity index (χ1) is 3.81. The SMILES string of the molecule is C=C1C(CO)[C@H]1CO. The summed E-state index contributed by atoms with van der Waals surface area (Å²) in [6.07, 6.45) is 0. The van der Waals surface area contributed by atoms with E-state index < -0.39 is 0 Å². The van der Waals surface area contributed by atoms with Gasteiger partial charge in [-0.05, 0) is 0 Å². The average Bonchev–Trinajstić information content (AvgIpc) is 2.40. The van der Waals surface area contributed by atoms with E-state index >= 15 is 0 Å². The molecule has 0 amide bonds. The van der Waals surface area contributed by atoms with E-state index in [0.717, 1.165) is 5.57 Å². The van der Waals surface area contributed by atoms with E-state index in [9.17, 15) is 0 Å². The third-order valence-electron chi connectivity index (χ3n) is 1.72. The minimum atomic E-state index is 0.143. The van der Waals surface area contributed by atoms with Crippen LogP contribution in [0.5, 0.6) is 0 Å². The van der Waals surface area contributed by atoms with Gasteiger partial charge in [-0.3, -0.25) is 0 Å². The van der Waals surface area contributed by atoms with Crippen molar-refractivity contribution in [1.82, 2.24) is 0 Å². The van der Waals surface area contributed by atoms with Crippen LogP contribution in [-0.4, -0.2) is 23.4 Å². The molecule has 2 atom stereocenters. The molecule has 8 heavy (non-hydrogen) atoms. The number of hydrogen-bond acceptors (Lipinski definition) is 2. The summed E-state index contributed by atoms with van der Waals surface area (Å²) in [6, 6.07) is 0. The van der Waals surface area contributed by atoms with Crippen molar-refractivity contribution in [3.05, 3.63) is 12.2 Å². The first-order valence-electron chi connectivity index (χ1n) is 2.71. The van der Waals surface area contributed by atoms with Crippen LogP contribution >= 0.6 is 0 Å².